The van der Waals surface area contributed by atoms with Gasteiger partial charge in [-0.1, -0.05) is 28.1 Å². The molecule has 2 N–H and O–H groups in total. The van der Waals surface area contributed by atoms with E-state index in [0.717, 1.165) is 26.4 Å². The first kappa shape index (κ1) is 13.3. The highest BCUT2D eigenvalue weighted by Crippen LogP contribution is 2.41. The van der Waals surface area contributed by atoms with E-state index in [9.17, 15) is 9.59 Å². The first-order valence-corrected chi connectivity index (χ1v) is 7.41. The number of carboxylic acid groups (broad SMARTS) is 1. The molecule has 1 aliphatic rings. The van der Waals surface area contributed by atoms with Crippen LogP contribution in [0, 0.1) is 0 Å². The molecule has 7 heteroatoms. The second-order valence-corrected chi connectivity index (χ2v) is 6.16. The molecule has 0 spiro atoms. The third-order valence-corrected chi connectivity index (χ3v) is 4.59. The molecule has 1 aromatic heterocycles. The Hall–Kier alpha value is -1.73. The zero-order valence-corrected chi connectivity index (χ0v) is 12.5. The predicted octanol–water partition coefficient (Wildman–Crippen LogP) is 3.08. The van der Waals surface area contributed by atoms with E-state index in [4.69, 9.17) is 5.11 Å². The number of rotatable bonds is 2. The van der Waals surface area contributed by atoms with Gasteiger partial charge in [-0.15, -0.1) is 0 Å². The van der Waals surface area contributed by atoms with Gasteiger partial charge >= 0.3 is 5.97 Å². The van der Waals surface area contributed by atoms with E-state index in [2.05, 4.69) is 25.6 Å². The average Bonchev–Trinajstić information content (AvgIpc) is 2.81. The number of amides is 1. The Kier molecular flexibility index (Phi) is 3.31. The number of nitrogens with one attached hydrogen (secondary N) is 1. The number of aromatic carboxylic acids is 1. The predicted molar refractivity (Wildman–Crippen MR) is 78.3 cm³/mol. The lowest BCUT2D eigenvalue weighted by Crippen LogP contribution is -2.23. The summed E-state index contributed by atoms with van der Waals surface area (Å²) in [7, 11) is 0. The number of carbonyl (C=O) groups is 2. The molecule has 2 heterocycles. The van der Waals surface area contributed by atoms with Gasteiger partial charge in [0.2, 0.25) is 5.91 Å². The quantitative estimate of drug-likeness (QED) is 0.870. The molecule has 0 bridgehead atoms. The van der Waals surface area contributed by atoms with E-state index >= 15 is 0 Å². The van der Waals surface area contributed by atoms with Crippen LogP contribution >= 0.6 is 27.5 Å². The van der Waals surface area contributed by atoms with Crippen molar-refractivity contribution in [2.75, 3.05) is 5.32 Å². The van der Waals surface area contributed by atoms with Gasteiger partial charge in [0, 0.05) is 16.8 Å². The lowest BCUT2D eigenvalue weighted by molar-refractivity contribution is -0.116. The lowest BCUT2D eigenvalue weighted by atomic mass is 9.90. The van der Waals surface area contributed by atoms with Crippen LogP contribution in [0.4, 0.5) is 5.69 Å². The fourth-order valence-corrected chi connectivity index (χ4v) is 3.63. The number of carboxylic acids is 1. The van der Waals surface area contributed by atoms with Gasteiger partial charge in [-0.2, -0.15) is 4.37 Å². The van der Waals surface area contributed by atoms with Gasteiger partial charge in [0.25, 0.3) is 0 Å². The van der Waals surface area contributed by atoms with Crippen LogP contribution in [0.2, 0.25) is 0 Å². The Bertz CT molecular complexity index is 713. The number of fused-ring (bicyclic) bond motifs is 1. The van der Waals surface area contributed by atoms with E-state index in [0.29, 0.717) is 12.1 Å². The van der Waals surface area contributed by atoms with Crippen molar-refractivity contribution in [2.24, 2.45) is 0 Å². The number of benzene rings is 1. The third kappa shape index (κ3) is 2.23. The molecular formula is C13H9BrN2O3S. The summed E-state index contributed by atoms with van der Waals surface area (Å²) in [5.74, 6) is -1.47. The number of halogens is 1. The summed E-state index contributed by atoms with van der Waals surface area (Å²) in [6.45, 7) is 0. The van der Waals surface area contributed by atoms with Crippen molar-refractivity contribution in [3.63, 3.8) is 0 Å². The zero-order chi connectivity index (χ0) is 14.3. The molecule has 1 atom stereocenters. The fourth-order valence-electron chi connectivity index (χ4n) is 2.27. The van der Waals surface area contributed by atoms with E-state index in [1.54, 1.807) is 0 Å². The molecule has 0 saturated carbocycles. The smallest absolute Gasteiger partial charge is 0.357 e. The number of nitrogens with zero attached hydrogens (tertiary/aromatic N) is 1. The summed E-state index contributed by atoms with van der Waals surface area (Å²) in [6.07, 6.45) is 0.296. The summed E-state index contributed by atoms with van der Waals surface area (Å²) >= 11 is 4.54. The van der Waals surface area contributed by atoms with E-state index in [1.807, 2.05) is 24.3 Å². The largest absolute Gasteiger partial charge is 0.476 e. The topological polar surface area (TPSA) is 79.3 Å². The maximum Gasteiger partial charge on any atom is 0.357 e. The van der Waals surface area contributed by atoms with Gasteiger partial charge in [-0.25, -0.2) is 4.79 Å². The molecule has 0 unspecified atom stereocenters. The Morgan fingerprint density at radius 3 is 3.00 bits per heavy atom. The van der Waals surface area contributed by atoms with E-state index in [1.165, 1.54) is 0 Å². The second kappa shape index (κ2) is 4.99. The molecule has 1 aromatic carbocycles. The number of aromatic nitrogens is 1. The number of anilines is 1. The lowest BCUT2D eigenvalue weighted by Gasteiger charge is -2.22. The summed E-state index contributed by atoms with van der Waals surface area (Å²) in [4.78, 5) is 23.7. The SMILES string of the molecule is O=C1C[C@H](c2cccc(Br)c2)c2snc(C(=O)O)c2N1. The summed E-state index contributed by atoms with van der Waals surface area (Å²) in [6, 6.07) is 7.67. The number of hydrogen-bond acceptors (Lipinski definition) is 4. The third-order valence-electron chi connectivity index (χ3n) is 3.14. The van der Waals surface area contributed by atoms with Crippen LogP contribution in [-0.4, -0.2) is 21.4 Å². The maximum absolute atomic E-state index is 11.8. The highest BCUT2D eigenvalue weighted by atomic mass is 79.9. The van der Waals surface area contributed by atoms with E-state index in [-0.39, 0.29) is 17.5 Å². The molecule has 0 saturated heterocycles. The maximum atomic E-state index is 11.8. The van der Waals surface area contributed by atoms with E-state index < -0.39 is 5.97 Å². The summed E-state index contributed by atoms with van der Waals surface area (Å²) < 4.78 is 4.87. The van der Waals surface area contributed by atoms with Crippen molar-refractivity contribution in [3.8, 4) is 0 Å². The molecule has 102 valence electrons. The van der Waals surface area contributed by atoms with Crippen LogP contribution in [0.5, 0.6) is 0 Å². The molecule has 0 fully saturated rings. The standard InChI is InChI=1S/C13H9BrN2O3S/c14-7-3-1-2-6(4-7)8-5-9(17)15-10-11(13(18)19)16-20-12(8)10/h1-4,8H,5H2,(H,15,17)(H,18,19)/t8-/m1/s1. The van der Waals surface area contributed by atoms with Crippen molar-refractivity contribution in [1.29, 1.82) is 0 Å². The molecule has 1 amide bonds. The molecule has 20 heavy (non-hydrogen) atoms. The fraction of sp³-hybridized carbons (Fsp3) is 0.154. The first-order chi connectivity index (χ1) is 9.56. The van der Waals surface area contributed by atoms with Crippen LogP contribution in [-0.2, 0) is 4.79 Å². The number of carbonyl (C=O) groups excluding carboxylic acids is 1. The monoisotopic (exact) mass is 352 g/mol. The van der Waals surface area contributed by atoms with Crippen LogP contribution < -0.4 is 5.32 Å². The second-order valence-electron chi connectivity index (χ2n) is 4.44. The molecule has 2 aromatic rings. The average molecular weight is 353 g/mol. The molecule has 5 nitrogen and oxygen atoms in total. The highest BCUT2D eigenvalue weighted by molar-refractivity contribution is 9.10. The molecule has 1 aliphatic heterocycles. The van der Waals surface area contributed by atoms with Gasteiger partial charge in [-0.3, -0.25) is 4.79 Å². The van der Waals surface area contributed by atoms with Crippen LogP contribution in [0.25, 0.3) is 0 Å². The van der Waals surface area contributed by atoms with Crippen molar-refractivity contribution in [1.82, 2.24) is 4.37 Å². The van der Waals surface area contributed by atoms with Gasteiger partial charge in [0.1, 0.15) is 0 Å². The van der Waals surface area contributed by atoms with Crippen molar-refractivity contribution < 1.29 is 14.7 Å². The van der Waals surface area contributed by atoms with Gasteiger partial charge in [0.15, 0.2) is 5.69 Å². The van der Waals surface area contributed by atoms with Gasteiger partial charge in [-0.05, 0) is 29.2 Å². The first-order valence-electron chi connectivity index (χ1n) is 5.84. The molecule has 3 rings (SSSR count). The Balaban J connectivity index is 2.11. The van der Waals surface area contributed by atoms with Crippen molar-refractivity contribution in [3.05, 3.63) is 44.9 Å². The number of hydrogen-bond donors (Lipinski definition) is 2. The highest BCUT2D eigenvalue weighted by Gasteiger charge is 2.33. The molecule has 0 radical (unpaired) electrons. The molecular weight excluding hydrogens is 344 g/mol. The molecule has 0 aliphatic carbocycles. The van der Waals surface area contributed by atoms with Crippen molar-refractivity contribution >= 4 is 45.0 Å². The van der Waals surface area contributed by atoms with Crippen LogP contribution in [0.15, 0.2) is 28.7 Å². The van der Waals surface area contributed by atoms with Crippen LogP contribution in [0.3, 0.4) is 0 Å². The van der Waals surface area contributed by atoms with Gasteiger partial charge < -0.3 is 10.4 Å². The normalized spacial score (nSPS) is 17.4. The van der Waals surface area contributed by atoms with Crippen molar-refractivity contribution in [2.45, 2.75) is 12.3 Å². The van der Waals surface area contributed by atoms with Gasteiger partial charge in [0.05, 0.1) is 10.6 Å². The minimum absolute atomic E-state index is 0.0851. The summed E-state index contributed by atoms with van der Waals surface area (Å²) in [5, 5.41) is 11.7. The zero-order valence-electron chi connectivity index (χ0n) is 10.1. The summed E-state index contributed by atoms with van der Waals surface area (Å²) in [5.41, 5.74) is 1.22. The minimum atomic E-state index is -1.13. The Labute approximate surface area is 126 Å². The minimum Gasteiger partial charge on any atom is -0.476 e. The Morgan fingerprint density at radius 1 is 1.50 bits per heavy atom. The Morgan fingerprint density at radius 2 is 2.30 bits per heavy atom. The van der Waals surface area contributed by atoms with Crippen LogP contribution in [0.1, 0.15) is 33.3 Å².